The van der Waals surface area contributed by atoms with Gasteiger partial charge in [-0.1, -0.05) is 49.9 Å². The van der Waals surface area contributed by atoms with Gasteiger partial charge in [0.2, 0.25) is 5.91 Å². The lowest BCUT2D eigenvalue weighted by Crippen LogP contribution is -2.67. The molecule has 2 aliphatic heterocycles. The second kappa shape index (κ2) is 12.8. The zero-order valence-electron chi connectivity index (χ0n) is 20.2. The molecule has 0 spiro atoms. The Hall–Kier alpha value is -2.79. The van der Waals surface area contributed by atoms with Crippen molar-refractivity contribution in [1.82, 2.24) is 5.32 Å². The van der Waals surface area contributed by atoms with E-state index in [2.05, 4.69) is 11.9 Å². The van der Waals surface area contributed by atoms with Crippen LogP contribution in [0.15, 0.2) is 43.0 Å². The Kier molecular flexibility index (Phi) is 9.79. The van der Waals surface area contributed by atoms with Crippen molar-refractivity contribution < 1.29 is 42.8 Å². The quantitative estimate of drug-likeness (QED) is 0.387. The van der Waals surface area contributed by atoms with Gasteiger partial charge in [0.15, 0.2) is 18.7 Å². The highest BCUT2D eigenvalue weighted by Gasteiger charge is 2.52. The third kappa shape index (κ3) is 7.11. The summed E-state index contributed by atoms with van der Waals surface area (Å²) in [5, 5.41) is 2.77. The number of esters is 2. The first kappa shape index (κ1) is 26.8. The zero-order valence-corrected chi connectivity index (χ0v) is 20.2. The first-order valence-electron chi connectivity index (χ1n) is 11.7. The maximum atomic E-state index is 12.3. The topological polar surface area (TPSA) is 119 Å². The lowest BCUT2D eigenvalue weighted by molar-refractivity contribution is -0.345. The molecule has 1 aromatic rings. The molecule has 0 bridgehead atoms. The van der Waals surface area contributed by atoms with Crippen LogP contribution in [0.5, 0.6) is 0 Å². The number of carbonyl (C=O) groups is 3. The summed E-state index contributed by atoms with van der Waals surface area (Å²) in [6.45, 7) is 8.38. The van der Waals surface area contributed by atoms with Crippen molar-refractivity contribution in [3.63, 3.8) is 0 Å². The van der Waals surface area contributed by atoms with Crippen LogP contribution in [-0.4, -0.2) is 68.3 Å². The van der Waals surface area contributed by atoms with E-state index in [0.29, 0.717) is 0 Å². The summed E-state index contributed by atoms with van der Waals surface area (Å²) in [6, 6.07) is 8.47. The Bertz CT molecular complexity index is 877. The summed E-state index contributed by atoms with van der Waals surface area (Å²) in [4.78, 5) is 36.5. The van der Waals surface area contributed by atoms with Crippen LogP contribution in [0.4, 0.5) is 0 Å². The van der Waals surface area contributed by atoms with E-state index in [1.54, 1.807) is 13.8 Å². The minimum atomic E-state index is -1.02. The van der Waals surface area contributed by atoms with Gasteiger partial charge in [-0.3, -0.25) is 14.4 Å². The van der Waals surface area contributed by atoms with Gasteiger partial charge in [-0.2, -0.15) is 0 Å². The van der Waals surface area contributed by atoms with Crippen molar-refractivity contribution >= 4 is 17.8 Å². The van der Waals surface area contributed by atoms with Gasteiger partial charge >= 0.3 is 11.9 Å². The number of nitrogens with one attached hydrogen (secondary N) is 1. The minimum Gasteiger partial charge on any atom is -0.461 e. The molecule has 7 atom stereocenters. The first-order chi connectivity index (χ1) is 16.8. The standard InChI is InChI=1S/C25H33NO9/c1-5-12-30-23(29)15(3)13-31-25-20(26-16(4)27)22(34-19(28)6-2)21-18(33-25)14-32-24(35-21)17-10-8-7-9-11-17/h5,7-11,15,18,20-22,24-25H,1,6,12-14H2,2-4H3,(H,26,27)/t15-,18?,20?,21-,22+,24?,25+/m0/s1. The predicted molar refractivity (Wildman–Crippen MR) is 123 cm³/mol. The average molecular weight is 492 g/mol. The lowest BCUT2D eigenvalue weighted by Gasteiger charge is -2.48. The summed E-state index contributed by atoms with van der Waals surface area (Å²) in [7, 11) is 0. The molecule has 0 aromatic heterocycles. The van der Waals surface area contributed by atoms with Crippen molar-refractivity contribution in [3.05, 3.63) is 48.6 Å². The highest BCUT2D eigenvalue weighted by atomic mass is 16.8. The van der Waals surface area contributed by atoms with Gasteiger partial charge in [-0.15, -0.1) is 0 Å². The third-order valence-electron chi connectivity index (χ3n) is 5.59. The van der Waals surface area contributed by atoms with E-state index in [0.717, 1.165) is 5.56 Å². The Morgan fingerprint density at radius 3 is 2.63 bits per heavy atom. The molecule has 2 saturated heterocycles. The van der Waals surface area contributed by atoms with Crippen LogP contribution < -0.4 is 5.32 Å². The van der Waals surface area contributed by atoms with Crippen LogP contribution in [0.1, 0.15) is 39.0 Å². The Labute approximate surface area is 204 Å². The molecule has 35 heavy (non-hydrogen) atoms. The van der Waals surface area contributed by atoms with E-state index >= 15 is 0 Å². The van der Waals surface area contributed by atoms with Crippen molar-refractivity contribution in [1.29, 1.82) is 0 Å². The smallest absolute Gasteiger partial charge is 0.311 e. The molecule has 192 valence electrons. The number of hydrogen-bond acceptors (Lipinski definition) is 9. The van der Waals surface area contributed by atoms with E-state index in [-0.39, 0.29) is 32.1 Å². The van der Waals surface area contributed by atoms with Gasteiger partial charge in [-0.25, -0.2) is 0 Å². The summed E-state index contributed by atoms with van der Waals surface area (Å²) in [5.74, 6) is -1.89. The first-order valence-corrected chi connectivity index (χ1v) is 11.7. The number of ether oxygens (including phenoxy) is 6. The number of amides is 1. The van der Waals surface area contributed by atoms with Crippen LogP contribution in [0.3, 0.4) is 0 Å². The molecular formula is C25H33NO9. The number of fused-ring (bicyclic) bond motifs is 1. The summed E-state index contributed by atoms with van der Waals surface area (Å²) in [6.07, 6.45) is -2.38. The largest absolute Gasteiger partial charge is 0.461 e. The van der Waals surface area contributed by atoms with Crippen LogP contribution in [0, 0.1) is 5.92 Å². The monoisotopic (exact) mass is 491 g/mol. The van der Waals surface area contributed by atoms with Gasteiger partial charge in [0.25, 0.3) is 0 Å². The predicted octanol–water partition coefficient (Wildman–Crippen LogP) is 2.03. The van der Waals surface area contributed by atoms with Crippen molar-refractivity contribution in [2.45, 2.75) is 64.1 Å². The molecule has 10 heteroatoms. The van der Waals surface area contributed by atoms with E-state index in [4.69, 9.17) is 28.4 Å². The lowest BCUT2D eigenvalue weighted by atomic mass is 9.95. The van der Waals surface area contributed by atoms with Crippen LogP contribution in [0.2, 0.25) is 0 Å². The van der Waals surface area contributed by atoms with Gasteiger partial charge in [-0.05, 0) is 6.92 Å². The van der Waals surface area contributed by atoms with Crippen molar-refractivity contribution in [2.24, 2.45) is 5.92 Å². The molecule has 10 nitrogen and oxygen atoms in total. The Balaban J connectivity index is 1.80. The highest BCUT2D eigenvalue weighted by molar-refractivity contribution is 5.74. The van der Waals surface area contributed by atoms with E-state index in [9.17, 15) is 14.4 Å². The number of benzene rings is 1. The molecule has 3 rings (SSSR count). The third-order valence-corrected chi connectivity index (χ3v) is 5.59. The van der Waals surface area contributed by atoms with Gasteiger partial charge < -0.3 is 33.7 Å². The molecule has 1 amide bonds. The zero-order chi connectivity index (χ0) is 25.4. The molecule has 2 aliphatic rings. The number of carbonyl (C=O) groups excluding carboxylic acids is 3. The average Bonchev–Trinajstić information content (AvgIpc) is 2.87. The fourth-order valence-electron chi connectivity index (χ4n) is 3.85. The van der Waals surface area contributed by atoms with Crippen LogP contribution >= 0.6 is 0 Å². The van der Waals surface area contributed by atoms with E-state index in [1.807, 2.05) is 30.3 Å². The Morgan fingerprint density at radius 2 is 1.97 bits per heavy atom. The fourth-order valence-corrected chi connectivity index (χ4v) is 3.85. The molecule has 0 aliphatic carbocycles. The summed E-state index contributed by atoms with van der Waals surface area (Å²) >= 11 is 0. The van der Waals surface area contributed by atoms with Gasteiger partial charge in [0.05, 0.1) is 19.1 Å². The minimum absolute atomic E-state index is 0.0447. The normalized spacial score (nSPS) is 28.8. The van der Waals surface area contributed by atoms with Gasteiger partial charge in [0.1, 0.15) is 24.9 Å². The van der Waals surface area contributed by atoms with E-state index in [1.165, 1.54) is 13.0 Å². The highest BCUT2D eigenvalue weighted by Crippen LogP contribution is 2.36. The maximum absolute atomic E-state index is 12.3. The summed E-state index contributed by atoms with van der Waals surface area (Å²) < 4.78 is 34.9. The molecular weight excluding hydrogens is 458 g/mol. The second-order valence-corrected chi connectivity index (χ2v) is 8.41. The summed E-state index contributed by atoms with van der Waals surface area (Å²) in [5.41, 5.74) is 0.799. The Morgan fingerprint density at radius 1 is 1.23 bits per heavy atom. The molecule has 2 fully saturated rings. The van der Waals surface area contributed by atoms with E-state index < -0.39 is 54.8 Å². The number of hydrogen-bond donors (Lipinski definition) is 1. The van der Waals surface area contributed by atoms with Crippen molar-refractivity contribution in [2.75, 3.05) is 19.8 Å². The molecule has 0 radical (unpaired) electrons. The fraction of sp³-hybridized carbons (Fsp3) is 0.560. The SMILES string of the molecule is C=CCOC(=O)[C@@H](C)CO[C@@H]1OC2COC(c3ccccc3)O[C@@H]2[C@H](OC(=O)CC)C1NC(C)=O. The molecule has 1 aromatic carbocycles. The van der Waals surface area contributed by atoms with Gasteiger partial charge in [0, 0.05) is 18.9 Å². The van der Waals surface area contributed by atoms with Crippen molar-refractivity contribution in [3.8, 4) is 0 Å². The maximum Gasteiger partial charge on any atom is 0.311 e. The van der Waals surface area contributed by atoms with Crippen LogP contribution in [-0.2, 0) is 42.8 Å². The molecule has 0 saturated carbocycles. The van der Waals surface area contributed by atoms with Crippen LogP contribution in [0.25, 0.3) is 0 Å². The second-order valence-electron chi connectivity index (χ2n) is 8.41. The number of rotatable bonds is 10. The molecule has 1 N–H and O–H groups in total. The molecule has 2 heterocycles. The molecule has 3 unspecified atom stereocenters.